The van der Waals surface area contributed by atoms with Gasteiger partial charge < -0.3 is 30.7 Å². The van der Waals surface area contributed by atoms with Crippen LogP contribution in [-0.2, 0) is 4.74 Å². The minimum absolute atomic E-state index is 0.163. The number of nitrogens with one attached hydrogen (secondary N) is 1. The summed E-state index contributed by atoms with van der Waals surface area (Å²) in [6, 6.07) is 24.9. The van der Waals surface area contributed by atoms with Crippen molar-refractivity contribution in [1.29, 1.82) is 0 Å². The highest BCUT2D eigenvalue weighted by molar-refractivity contribution is 5.92. The lowest BCUT2D eigenvalue weighted by atomic mass is 10.0. The fourth-order valence-electron chi connectivity index (χ4n) is 4.55. The van der Waals surface area contributed by atoms with Crippen molar-refractivity contribution in [3.63, 3.8) is 0 Å². The molecule has 6 nitrogen and oxygen atoms in total. The van der Waals surface area contributed by atoms with Gasteiger partial charge in [-0.1, -0.05) is 55.1 Å². The number of benzene rings is 3. The van der Waals surface area contributed by atoms with Gasteiger partial charge in [-0.15, -0.1) is 0 Å². The van der Waals surface area contributed by atoms with E-state index in [-0.39, 0.29) is 5.92 Å². The summed E-state index contributed by atoms with van der Waals surface area (Å²) in [7, 11) is 9.63. The lowest BCUT2D eigenvalue weighted by Crippen LogP contribution is -2.16. The van der Waals surface area contributed by atoms with E-state index in [1.807, 2.05) is 40.3 Å². The van der Waals surface area contributed by atoms with E-state index < -0.39 is 6.29 Å². The number of aliphatic hydroxyl groups is 1. The Morgan fingerprint density at radius 1 is 0.865 bits per heavy atom. The van der Waals surface area contributed by atoms with Gasteiger partial charge in [-0.2, -0.15) is 0 Å². The van der Waals surface area contributed by atoms with Crippen LogP contribution in [0.3, 0.4) is 0 Å². The molecule has 0 saturated heterocycles. The van der Waals surface area contributed by atoms with Crippen LogP contribution in [0, 0.1) is 5.92 Å². The predicted octanol–water partition coefficient (Wildman–Crippen LogP) is 4.93. The van der Waals surface area contributed by atoms with Crippen molar-refractivity contribution in [1.82, 2.24) is 5.32 Å². The number of rotatable bonds is 10. The molecule has 0 heterocycles. The van der Waals surface area contributed by atoms with E-state index in [4.69, 9.17) is 10.5 Å². The van der Waals surface area contributed by atoms with Crippen LogP contribution in [0.2, 0.25) is 0 Å². The third kappa shape index (κ3) is 5.98. The monoisotopic (exact) mass is 498 g/mol. The number of methoxy groups -OCH3 is 1. The normalized spacial score (nSPS) is 18.0. The first-order valence-corrected chi connectivity index (χ1v) is 12.5. The molecule has 3 aromatic carbocycles. The smallest absolute Gasteiger partial charge is 0.157 e. The molecule has 0 spiro atoms. The van der Waals surface area contributed by atoms with Crippen molar-refractivity contribution in [2.24, 2.45) is 11.7 Å². The standard InChI is InChI=1S/C31H38N4O2/c1-20(21-7-9-22(10-8-21)27-19-28(27)31(36)37-6)33-30(24-13-17-26(18-14-24)35(4)5)29(32)23-11-15-25(16-12-23)34(2)3/h7-18,27-28,31,33,36H,1,19,32H2,2-6H3/b30-29-/t27?,28?,31-/m1/s1. The van der Waals surface area contributed by atoms with E-state index in [0.29, 0.717) is 11.6 Å². The molecule has 3 aromatic rings. The van der Waals surface area contributed by atoms with Crippen LogP contribution in [0.1, 0.15) is 34.6 Å². The Labute approximate surface area is 220 Å². The highest BCUT2D eigenvalue weighted by Gasteiger charge is 2.43. The van der Waals surface area contributed by atoms with Crippen molar-refractivity contribution in [3.8, 4) is 0 Å². The number of anilines is 2. The first-order chi connectivity index (χ1) is 17.7. The molecule has 0 radical (unpaired) electrons. The van der Waals surface area contributed by atoms with Gasteiger partial charge in [-0.05, 0) is 53.3 Å². The van der Waals surface area contributed by atoms with E-state index in [1.165, 1.54) is 5.56 Å². The molecule has 2 unspecified atom stereocenters. The zero-order valence-corrected chi connectivity index (χ0v) is 22.4. The van der Waals surface area contributed by atoms with E-state index >= 15 is 0 Å². The van der Waals surface area contributed by atoms with Gasteiger partial charge in [0.05, 0.1) is 11.4 Å². The Balaban J connectivity index is 1.61. The zero-order valence-electron chi connectivity index (χ0n) is 22.4. The summed E-state index contributed by atoms with van der Waals surface area (Å²) in [5.74, 6) is 0.493. The van der Waals surface area contributed by atoms with E-state index in [1.54, 1.807) is 7.11 Å². The Bertz CT molecular complexity index is 1250. The molecule has 4 N–H and O–H groups in total. The lowest BCUT2D eigenvalue weighted by Gasteiger charge is -2.20. The molecule has 4 rings (SSSR count). The van der Waals surface area contributed by atoms with Crippen LogP contribution in [-0.4, -0.2) is 46.7 Å². The molecule has 1 fully saturated rings. The van der Waals surface area contributed by atoms with Gasteiger partial charge >= 0.3 is 0 Å². The van der Waals surface area contributed by atoms with Crippen LogP contribution < -0.4 is 20.9 Å². The molecule has 37 heavy (non-hydrogen) atoms. The molecule has 6 heteroatoms. The van der Waals surface area contributed by atoms with Crippen LogP contribution in [0.4, 0.5) is 11.4 Å². The topological polar surface area (TPSA) is 74.0 Å². The highest BCUT2D eigenvalue weighted by atomic mass is 16.6. The van der Waals surface area contributed by atoms with Crippen molar-refractivity contribution in [2.45, 2.75) is 18.6 Å². The van der Waals surface area contributed by atoms with E-state index in [0.717, 1.165) is 45.9 Å². The molecule has 0 aromatic heterocycles. The number of hydrogen-bond donors (Lipinski definition) is 3. The number of aliphatic hydroxyl groups excluding tert-OH is 1. The summed E-state index contributed by atoms with van der Waals surface area (Å²) in [6.07, 6.45) is 0.231. The van der Waals surface area contributed by atoms with Gasteiger partial charge in [0.25, 0.3) is 0 Å². The number of ether oxygens (including phenoxy) is 1. The molecule has 194 valence electrons. The molecular weight excluding hydrogens is 460 g/mol. The van der Waals surface area contributed by atoms with Gasteiger partial charge in [0, 0.05) is 63.9 Å². The molecule has 1 aliphatic carbocycles. The molecule has 0 bridgehead atoms. The first kappa shape index (κ1) is 26.3. The lowest BCUT2D eigenvalue weighted by molar-refractivity contribution is -0.0895. The van der Waals surface area contributed by atoms with E-state index in [9.17, 15) is 5.11 Å². The SMILES string of the molecule is C=C(N/C(=C(\N)c1ccc(N(C)C)cc1)c1ccc(N(C)C)cc1)c1ccc(C2CC2[C@H](O)OC)cc1. The molecule has 0 aliphatic heterocycles. The Morgan fingerprint density at radius 2 is 1.35 bits per heavy atom. The minimum atomic E-state index is -0.706. The second kappa shape index (κ2) is 11.1. The van der Waals surface area contributed by atoms with Gasteiger partial charge in [0.15, 0.2) is 6.29 Å². The van der Waals surface area contributed by atoms with Gasteiger partial charge in [0.2, 0.25) is 0 Å². The maximum absolute atomic E-state index is 9.95. The van der Waals surface area contributed by atoms with Gasteiger partial charge in [-0.25, -0.2) is 0 Å². The average molecular weight is 499 g/mol. The minimum Gasteiger partial charge on any atom is -0.397 e. The summed E-state index contributed by atoms with van der Waals surface area (Å²) in [4.78, 5) is 4.13. The highest BCUT2D eigenvalue weighted by Crippen LogP contribution is 2.49. The number of nitrogens with zero attached hydrogens (tertiary/aromatic N) is 2. The summed E-state index contributed by atoms with van der Waals surface area (Å²) in [6.45, 7) is 4.32. The second-order valence-electron chi connectivity index (χ2n) is 10.0. The Kier molecular flexibility index (Phi) is 7.91. The number of hydrogen-bond acceptors (Lipinski definition) is 6. The van der Waals surface area contributed by atoms with Crippen LogP contribution in [0.5, 0.6) is 0 Å². The molecule has 3 atom stereocenters. The summed E-state index contributed by atoms with van der Waals surface area (Å²) >= 11 is 0. The summed E-state index contributed by atoms with van der Waals surface area (Å²) in [5, 5.41) is 13.5. The molecular formula is C31H38N4O2. The summed E-state index contributed by atoms with van der Waals surface area (Å²) in [5.41, 5.74) is 15.3. The number of nitrogens with two attached hydrogens (primary N) is 1. The zero-order chi connectivity index (χ0) is 26.7. The Hall–Kier alpha value is -3.74. The molecule has 0 amide bonds. The average Bonchev–Trinajstić information content (AvgIpc) is 3.72. The predicted molar refractivity (Wildman–Crippen MR) is 155 cm³/mol. The van der Waals surface area contributed by atoms with E-state index in [2.05, 4.69) is 82.4 Å². The fraction of sp³-hybridized carbons (Fsp3) is 0.290. The molecule has 1 aliphatic rings. The van der Waals surface area contributed by atoms with Gasteiger partial charge in [0.1, 0.15) is 0 Å². The fourth-order valence-corrected chi connectivity index (χ4v) is 4.55. The maximum atomic E-state index is 9.95. The van der Waals surface area contributed by atoms with Crippen LogP contribution in [0.15, 0.2) is 79.4 Å². The maximum Gasteiger partial charge on any atom is 0.157 e. The van der Waals surface area contributed by atoms with Crippen LogP contribution in [0.25, 0.3) is 17.1 Å². The quantitative estimate of drug-likeness (QED) is 0.272. The third-order valence-corrected chi connectivity index (χ3v) is 7.05. The van der Waals surface area contributed by atoms with Crippen molar-refractivity contribution >= 4 is 28.5 Å². The second-order valence-corrected chi connectivity index (χ2v) is 10.0. The van der Waals surface area contributed by atoms with Crippen molar-refractivity contribution in [3.05, 3.63) is 102 Å². The Morgan fingerprint density at radius 3 is 1.84 bits per heavy atom. The first-order valence-electron chi connectivity index (χ1n) is 12.5. The third-order valence-electron chi connectivity index (χ3n) is 7.05. The van der Waals surface area contributed by atoms with Crippen molar-refractivity contribution in [2.75, 3.05) is 45.1 Å². The largest absolute Gasteiger partial charge is 0.397 e. The van der Waals surface area contributed by atoms with Crippen LogP contribution >= 0.6 is 0 Å². The summed E-state index contributed by atoms with van der Waals surface area (Å²) < 4.78 is 5.08. The molecule has 1 saturated carbocycles. The van der Waals surface area contributed by atoms with Crippen molar-refractivity contribution < 1.29 is 9.84 Å². The van der Waals surface area contributed by atoms with Gasteiger partial charge in [-0.3, -0.25) is 0 Å².